The summed E-state index contributed by atoms with van der Waals surface area (Å²) in [7, 11) is 0. The third-order valence-corrected chi connectivity index (χ3v) is 1.59. The van der Waals surface area contributed by atoms with E-state index in [9.17, 15) is 13.2 Å². The Kier molecular flexibility index (Phi) is 2.13. The van der Waals surface area contributed by atoms with Crippen LogP contribution in [0.1, 0.15) is 6.42 Å². The Morgan fingerprint density at radius 2 is 2.00 bits per heavy atom. The number of hydrogen-bond acceptors (Lipinski definition) is 1. The normalized spacial score (nSPS) is 18.5. The number of rotatable bonds is 0. The molecule has 0 bridgehead atoms. The fraction of sp³-hybridized carbons (Fsp3) is 0.286. The van der Waals surface area contributed by atoms with Crippen molar-refractivity contribution in [2.24, 2.45) is 0 Å². The van der Waals surface area contributed by atoms with Gasteiger partial charge in [-0.1, -0.05) is 24.4 Å². The van der Waals surface area contributed by atoms with Crippen LogP contribution in [0.4, 0.5) is 13.2 Å². The smallest absolute Gasteiger partial charge is 0.166 e. The zero-order valence-corrected chi connectivity index (χ0v) is 6.30. The lowest BCUT2D eigenvalue weighted by molar-refractivity contribution is -0.0924. The molecular weight excluding hydrogens is 173 g/mol. The van der Waals surface area contributed by atoms with Crippen molar-refractivity contribution < 1.29 is 13.2 Å². The van der Waals surface area contributed by atoms with Gasteiger partial charge in [-0.15, -0.1) is 0 Å². The monoisotopic (exact) mass is 178 g/mol. The summed E-state index contributed by atoms with van der Waals surface area (Å²) in [6.45, 7) is 0. The van der Waals surface area contributed by atoms with Crippen LogP contribution >= 0.6 is 12.2 Å². The highest BCUT2D eigenvalue weighted by Crippen LogP contribution is 2.30. The molecule has 0 aromatic carbocycles. The summed E-state index contributed by atoms with van der Waals surface area (Å²) in [6.07, 6.45) is -0.501. The summed E-state index contributed by atoms with van der Waals surface area (Å²) in [6, 6.07) is 0. The topological polar surface area (TPSA) is 0 Å². The van der Waals surface area contributed by atoms with Gasteiger partial charge in [0.25, 0.3) is 0 Å². The molecule has 0 nitrogen and oxygen atoms in total. The molecule has 1 aliphatic rings. The van der Waals surface area contributed by atoms with Gasteiger partial charge >= 0.3 is 6.18 Å². The van der Waals surface area contributed by atoms with Crippen LogP contribution in [0.15, 0.2) is 23.8 Å². The molecule has 0 aromatic heterocycles. The third-order valence-electron chi connectivity index (χ3n) is 1.31. The Labute approximate surface area is 67.4 Å². The molecule has 4 heteroatoms. The Morgan fingerprint density at radius 3 is 2.36 bits per heavy atom. The van der Waals surface area contributed by atoms with Gasteiger partial charge in [0.15, 0.2) is 0 Å². The van der Waals surface area contributed by atoms with Gasteiger partial charge in [0.1, 0.15) is 0 Å². The van der Waals surface area contributed by atoms with Crippen molar-refractivity contribution in [2.45, 2.75) is 12.6 Å². The van der Waals surface area contributed by atoms with Crippen molar-refractivity contribution in [3.63, 3.8) is 0 Å². The van der Waals surface area contributed by atoms with Crippen LogP contribution in [0, 0.1) is 0 Å². The second-order valence-electron chi connectivity index (χ2n) is 2.19. The molecule has 0 saturated heterocycles. The molecule has 0 fully saturated rings. The molecule has 1 rings (SSSR count). The van der Waals surface area contributed by atoms with Crippen molar-refractivity contribution in [2.75, 3.05) is 0 Å². The lowest BCUT2D eigenvalue weighted by Crippen LogP contribution is -2.15. The standard InChI is InChI=1S/C7H5F3S/c8-7(9,10)5-2-1-3-6(11)4-5/h1-3H,4H2. The predicted molar refractivity (Wildman–Crippen MR) is 40.5 cm³/mol. The highest BCUT2D eigenvalue weighted by atomic mass is 32.1. The zero-order valence-electron chi connectivity index (χ0n) is 5.48. The summed E-state index contributed by atoms with van der Waals surface area (Å²) in [5, 5.41) is 0. The first-order chi connectivity index (χ1) is 5.00. The molecule has 0 atom stereocenters. The van der Waals surface area contributed by atoms with Crippen LogP contribution < -0.4 is 0 Å². The highest BCUT2D eigenvalue weighted by Gasteiger charge is 2.33. The minimum atomic E-state index is -4.23. The Bertz CT molecular complexity index is 235. The van der Waals surface area contributed by atoms with E-state index in [-0.39, 0.29) is 6.42 Å². The number of thiocarbonyl (C=S) groups is 1. The van der Waals surface area contributed by atoms with Crippen LogP contribution in [0.5, 0.6) is 0 Å². The molecular formula is C7H5F3S. The fourth-order valence-corrected chi connectivity index (χ4v) is 1.01. The first-order valence-electron chi connectivity index (χ1n) is 2.97. The van der Waals surface area contributed by atoms with Crippen LogP contribution in [-0.4, -0.2) is 11.0 Å². The number of allylic oxidation sites excluding steroid dienone is 4. The zero-order chi connectivity index (χ0) is 8.48. The minimum Gasteiger partial charge on any atom is -0.166 e. The maximum atomic E-state index is 12.0. The van der Waals surface area contributed by atoms with E-state index in [1.165, 1.54) is 12.2 Å². The predicted octanol–water partition coefficient (Wildman–Crippen LogP) is 2.80. The van der Waals surface area contributed by atoms with E-state index in [0.29, 0.717) is 4.86 Å². The number of halogens is 3. The highest BCUT2D eigenvalue weighted by molar-refractivity contribution is 7.80. The summed E-state index contributed by atoms with van der Waals surface area (Å²) in [5.41, 5.74) is -0.565. The minimum absolute atomic E-state index is 0.157. The fourth-order valence-electron chi connectivity index (χ4n) is 0.772. The quantitative estimate of drug-likeness (QED) is 0.514. The van der Waals surface area contributed by atoms with E-state index in [2.05, 4.69) is 12.2 Å². The van der Waals surface area contributed by atoms with E-state index in [0.717, 1.165) is 6.08 Å². The molecule has 0 aromatic rings. The van der Waals surface area contributed by atoms with Gasteiger partial charge in [0.2, 0.25) is 0 Å². The van der Waals surface area contributed by atoms with Gasteiger partial charge in [0, 0.05) is 16.9 Å². The van der Waals surface area contributed by atoms with Gasteiger partial charge in [-0.2, -0.15) is 13.2 Å². The van der Waals surface area contributed by atoms with Gasteiger partial charge in [-0.25, -0.2) is 0 Å². The summed E-state index contributed by atoms with van der Waals surface area (Å²) < 4.78 is 35.9. The summed E-state index contributed by atoms with van der Waals surface area (Å²) in [4.78, 5) is 0.333. The summed E-state index contributed by atoms with van der Waals surface area (Å²) >= 11 is 4.62. The summed E-state index contributed by atoms with van der Waals surface area (Å²) in [5.74, 6) is 0. The average Bonchev–Trinajstić information content (AvgIpc) is 1.86. The van der Waals surface area contributed by atoms with Crippen molar-refractivity contribution in [1.29, 1.82) is 0 Å². The van der Waals surface area contributed by atoms with Crippen molar-refractivity contribution in [3.8, 4) is 0 Å². The maximum Gasteiger partial charge on any atom is 0.413 e. The molecule has 0 amide bonds. The largest absolute Gasteiger partial charge is 0.413 e. The molecule has 0 radical (unpaired) electrons. The van der Waals surface area contributed by atoms with Crippen molar-refractivity contribution in [3.05, 3.63) is 23.8 Å². The van der Waals surface area contributed by atoms with Crippen LogP contribution in [0.25, 0.3) is 0 Å². The maximum absolute atomic E-state index is 12.0. The van der Waals surface area contributed by atoms with E-state index < -0.39 is 11.7 Å². The van der Waals surface area contributed by atoms with E-state index in [1.807, 2.05) is 0 Å². The Balaban J connectivity index is 2.83. The second kappa shape index (κ2) is 2.77. The van der Waals surface area contributed by atoms with Gasteiger partial charge in [0.05, 0.1) is 0 Å². The Morgan fingerprint density at radius 1 is 1.36 bits per heavy atom. The lowest BCUT2D eigenvalue weighted by Gasteiger charge is -2.12. The molecule has 1 aliphatic carbocycles. The van der Waals surface area contributed by atoms with Crippen molar-refractivity contribution >= 4 is 17.1 Å². The first kappa shape index (κ1) is 8.46. The van der Waals surface area contributed by atoms with Crippen molar-refractivity contribution in [1.82, 2.24) is 0 Å². The van der Waals surface area contributed by atoms with E-state index >= 15 is 0 Å². The van der Waals surface area contributed by atoms with Crippen LogP contribution in [-0.2, 0) is 0 Å². The molecule has 0 N–H and O–H groups in total. The number of hydrogen-bond donors (Lipinski definition) is 0. The molecule has 11 heavy (non-hydrogen) atoms. The molecule has 0 spiro atoms. The Hall–Kier alpha value is -0.640. The lowest BCUT2D eigenvalue weighted by atomic mass is 10.1. The third kappa shape index (κ3) is 2.15. The van der Waals surface area contributed by atoms with Gasteiger partial charge < -0.3 is 0 Å². The molecule has 0 unspecified atom stereocenters. The van der Waals surface area contributed by atoms with Crippen LogP contribution in [0.3, 0.4) is 0 Å². The average molecular weight is 178 g/mol. The molecule has 60 valence electrons. The van der Waals surface area contributed by atoms with E-state index in [1.54, 1.807) is 0 Å². The second-order valence-corrected chi connectivity index (χ2v) is 2.72. The van der Waals surface area contributed by atoms with E-state index in [4.69, 9.17) is 0 Å². The SMILES string of the molecule is FC(F)(F)C1=CC=CC(=S)C1. The number of alkyl halides is 3. The first-order valence-corrected chi connectivity index (χ1v) is 3.38. The molecule has 0 aliphatic heterocycles. The van der Waals surface area contributed by atoms with Gasteiger partial charge in [-0.05, 0) is 6.08 Å². The molecule has 0 heterocycles. The van der Waals surface area contributed by atoms with Gasteiger partial charge in [-0.3, -0.25) is 0 Å². The van der Waals surface area contributed by atoms with Crippen LogP contribution in [0.2, 0.25) is 0 Å². The molecule has 0 saturated carbocycles.